The van der Waals surface area contributed by atoms with Crippen molar-refractivity contribution in [3.05, 3.63) is 67.9 Å². The number of aromatic amines is 1. The van der Waals surface area contributed by atoms with Crippen LogP contribution in [0.25, 0.3) is 0 Å². The van der Waals surface area contributed by atoms with Crippen LogP contribution in [0.1, 0.15) is 37.0 Å². The number of nitrogens with one attached hydrogen (secondary N) is 1. The second-order valence-electron chi connectivity index (χ2n) is 5.81. The standard InChI is InChI=1S/C19H24N2O3/c1-5-7-8-9-21-18(16(6-2)17(22)20-19(21)23)24-15-11-13(3)10-14(4)12-15/h7-8,10-12H,5-6,9H2,1-4H3,(H,20,22,23)/b8-7+. The zero-order chi connectivity index (χ0) is 17.7. The molecule has 128 valence electrons. The molecule has 0 saturated heterocycles. The summed E-state index contributed by atoms with van der Waals surface area (Å²) in [5.74, 6) is 0.942. The Morgan fingerprint density at radius 1 is 1.08 bits per heavy atom. The Bertz CT molecular complexity index is 840. The predicted molar refractivity (Wildman–Crippen MR) is 96.1 cm³/mol. The summed E-state index contributed by atoms with van der Waals surface area (Å²) in [4.78, 5) is 26.7. The Labute approximate surface area is 141 Å². The molecule has 0 unspecified atom stereocenters. The smallest absolute Gasteiger partial charge is 0.331 e. The molecule has 5 nitrogen and oxygen atoms in total. The first-order chi connectivity index (χ1) is 11.5. The molecule has 1 N–H and O–H groups in total. The minimum atomic E-state index is -0.461. The molecule has 24 heavy (non-hydrogen) atoms. The maximum atomic E-state index is 12.2. The quantitative estimate of drug-likeness (QED) is 0.826. The number of rotatable bonds is 6. The van der Waals surface area contributed by atoms with Crippen LogP contribution in [0.15, 0.2) is 39.9 Å². The molecule has 0 saturated carbocycles. The maximum absolute atomic E-state index is 12.2. The van der Waals surface area contributed by atoms with Gasteiger partial charge in [0.05, 0.1) is 5.56 Å². The molecule has 1 aromatic heterocycles. The van der Waals surface area contributed by atoms with E-state index in [1.165, 1.54) is 4.57 Å². The predicted octanol–water partition coefficient (Wildman–Crippen LogP) is 3.47. The van der Waals surface area contributed by atoms with Crippen molar-refractivity contribution in [1.82, 2.24) is 9.55 Å². The van der Waals surface area contributed by atoms with Crippen LogP contribution in [0.4, 0.5) is 0 Å². The van der Waals surface area contributed by atoms with E-state index in [1.54, 1.807) is 0 Å². The number of hydrogen-bond acceptors (Lipinski definition) is 3. The van der Waals surface area contributed by atoms with Crippen molar-refractivity contribution in [1.29, 1.82) is 0 Å². The summed E-state index contributed by atoms with van der Waals surface area (Å²) in [7, 11) is 0. The summed E-state index contributed by atoms with van der Waals surface area (Å²) in [6.45, 7) is 8.22. The van der Waals surface area contributed by atoms with E-state index in [9.17, 15) is 9.59 Å². The van der Waals surface area contributed by atoms with Crippen molar-refractivity contribution < 1.29 is 4.74 Å². The molecule has 0 aliphatic rings. The molecule has 0 atom stereocenters. The first-order valence-corrected chi connectivity index (χ1v) is 8.23. The van der Waals surface area contributed by atoms with Crippen molar-refractivity contribution in [3.8, 4) is 11.6 Å². The third kappa shape index (κ3) is 4.04. The Balaban J connectivity index is 2.58. The molecule has 0 amide bonds. The van der Waals surface area contributed by atoms with Gasteiger partial charge >= 0.3 is 5.69 Å². The Kier molecular flexibility index (Phi) is 5.79. The van der Waals surface area contributed by atoms with Crippen LogP contribution in [0.2, 0.25) is 0 Å². The second-order valence-corrected chi connectivity index (χ2v) is 5.81. The molecule has 1 aromatic carbocycles. The summed E-state index contributed by atoms with van der Waals surface area (Å²) in [5.41, 5.74) is 1.74. The van der Waals surface area contributed by atoms with E-state index in [4.69, 9.17) is 4.74 Å². The molecule has 0 spiro atoms. The lowest BCUT2D eigenvalue weighted by atomic mass is 10.1. The third-order valence-electron chi connectivity index (χ3n) is 3.70. The van der Waals surface area contributed by atoms with E-state index in [0.717, 1.165) is 17.5 Å². The molecule has 0 aliphatic heterocycles. The molecule has 0 aliphatic carbocycles. The van der Waals surface area contributed by atoms with Crippen molar-refractivity contribution in [3.63, 3.8) is 0 Å². The minimum Gasteiger partial charge on any atom is -0.440 e. The first-order valence-electron chi connectivity index (χ1n) is 8.23. The van der Waals surface area contributed by atoms with E-state index >= 15 is 0 Å². The lowest BCUT2D eigenvalue weighted by Crippen LogP contribution is -2.33. The van der Waals surface area contributed by atoms with Gasteiger partial charge in [0.1, 0.15) is 5.75 Å². The molecular formula is C19H24N2O3. The topological polar surface area (TPSA) is 64.1 Å². The molecule has 5 heteroatoms. The molecule has 1 heterocycles. The molecule has 2 rings (SSSR count). The fourth-order valence-corrected chi connectivity index (χ4v) is 2.64. The van der Waals surface area contributed by atoms with Crippen molar-refractivity contribution in [2.75, 3.05) is 0 Å². The molecule has 0 bridgehead atoms. The lowest BCUT2D eigenvalue weighted by molar-refractivity contribution is 0.415. The number of aromatic nitrogens is 2. The van der Waals surface area contributed by atoms with Gasteiger partial charge in [0.2, 0.25) is 5.88 Å². The number of nitrogens with zero attached hydrogens (tertiary/aromatic N) is 1. The minimum absolute atomic E-state index is 0.317. The van der Waals surface area contributed by atoms with Gasteiger partial charge in [-0.25, -0.2) is 4.79 Å². The fraction of sp³-hybridized carbons (Fsp3) is 0.368. The molecular weight excluding hydrogens is 304 g/mol. The number of hydrogen-bond donors (Lipinski definition) is 1. The highest BCUT2D eigenvalue weighted by Crippen LogP contribution is 2.25. The van der Waals surface area contributed by atoms with Crippen LogP contribution in [-0.2, 0) is 13.0 Å². The van der Waals surface area contributed by atoms with Crippen molar-refractivity contribution in [2.24, 2.45) is 0 Å². The van der Waals surface area contributed by atoms with Gasteiger partial charge in [0.25, 0.3) is 5.56 Å². The van der Waals surface area contributed by atoms with E-state index in [1.807, 2.05) is 58.0 Å². The summed E-state index contributed by atoms with van der Waals surface area (Å²) in [5, 5.41) is 0. The van der Waals surface area contributed by atoms with E-state index in [2.05, 4.69) is 4.98 Å². The van der Waals surface area contributed by atoms with E-state index < -0.39 is 11.2 Å². The normalized spacial score (nSPS) is 11.2. The second kappa shape index (κ2) is 7.81. The molecule has 0 fully saturated rings. The number of H-pyrrole nitrogens is 1. The Morgan fingerprint density at radius 3 is 2.33 bits per heavy atom. The van der Waals surface area contributed by atoms with Gasteiger partial charge in [0.15, 0.2) is 0 Å². The highest BCUT2D eigenvalue weighted by atomic mass is 16.5. The Hall–Kier alpha value is -2.56. The van der Waals surface area contributed by atoms with Gasteiger partial charge < -0.3 is 4.74 Å². The zero-order valence-corrected chi connectivity index (χ0v) is 14.7. The summed E-state index contributed by atoms with van der Waals surface area (Å²) in [6.07, 6.45) is 5.23. The van der Waals surface area contributed by atoms with Gasteiger partial charge in [0, 0.05) is 6.54 Å². The molecule has 2 aromatic rings. The SMILES string of the molecule is CC/C=C/Cn1c(Oc2cc(C)cc(C)c2)c(CC)c(=O)[nH]c1=O. The first kappa shape index (κ1) is 17.8. The Morgan fingerprint density at radius 2 is 1.75 bits per heavy atom. The summed E-state index contributed by atoms with van der Waals surface area (Å²) in [6, 6.07) is 5.83. The van der Waals surface area contributed by atoms with Crippen LogP contribution in [0.3, 0.4) is 0 Å². The summed E-state index contributed by atoms with van der Waals surface area (Å²) < 4.78 is 7.46. The number of allylic oxidation sites excluding steroid dienone is 2. The van der Waals surface area contributed by atoms with Gasteiger partial charge in [-0.2, -0.15) is 0 Å². The lowest BCUT2D eigenvalue weighted by Gasteiger charge is -2.15. The average molecular weight is 328 g/mol. The largest absolute Gasteiger partial charge is 0.440 e. The molecule has 0 radical (unpaired) electrons. The third-order valence-corrected chi connectivity index (χ3v) is 3.70. The van der Waals surface area contributed by atoms with Crippen molar-refractivity contribution >= 4 is 0 Å². The van der Waals surface area contributed by atoms with Crippen LogP contribution < -0.4 is 16.0 Å². The maximum Gasteiger partial charge on any atom is 0.331 e. The number of benzene rings is 1. The van der Waals surface area contributed by atoms with Crippen LogP contribution in [-0.4, -0.2) is 9.55 Å². The van der Waals surface area contributed by atoms with E-state index in [0.29, 0.717) is 30.2 Å². The highest BCUT2D eigenvalue weighted by Gasteiger charge is 2.15. The monoisotopic (exact) mass is 328 g/mol. The highest BCUT2D eigenvalue weighted by molar-refractivity contribution is 5.37. The number of ether oxygens (including phenoxy) is 1. The van der Waals surface area contributed by atoms with Crippen LogP contribution in [0, 0.1) is 13.8 Å². The van der Waals surface area contributed by atoms with Crippen LogP contribution in [0.5, 0.6) is 11.6 Å². The average Bonchev–Trinajstić information content (AvgIpc) is 2.49. The van der Waals surface area contributed by atoms with Crippen molar-refractivity contribution in [2.45, 2.75) is 47.1 Å². The summed E-state index contributed by atoms with van der Waals surface area (Å²) >= 11 is 0. The van der Waals surface area contributed by atoms with Gasteiger partial charge in [-0.3, -0.25) is 14.3 Å². The van der Waals surface area contributed by atoms with Gasteiger partial charge in [-0.05, 0) is 49.9 Å². The van der Waals surface area contributed by atoms with Gasteiger partial charge in [-0.1, -0.05) is 32.1 Å². The van der Waals surface area contributed by atoms with Gasteiger partial charge in [-0.15, -0.1) is 0 Å². The van der Waals surface area contributed by atoms with E-state index in [-0.39, 0.29) is 0 Å². The number of aryl methyl sites for hydroxylation is 2. The van der Waals surface area contributed by atoms with Crippen LogP contribution >= 0.6 is 0 Å². The zero-order valence-electron chi connectivity index (χ0n) is 14.7. The fourth-order valence-electron chi connectivity index (χ4n) is 2.64.